The predicted molar refractivity (Wildman–Crippen MR) is 98.6 cm³/mol. The van der Waals surface area contributed by atoms with Gasteiger partial charge >= 0.3 is 7.12 Å². The van der Waals surface area contributed by atoms with E-state index < -0.39 is 19.6 Å². The number of fused-ring (bicyclic) bond motifs is 3. The highest BCUT2D eigenvalue weighted by molar-refractivity contribution is 6.42. The normalized spacial score (nSPS) is 14.3. The Morgan fingerprint density at radius 3 is 2.44 bits per heavy atom. The second kappa shape index (κ2) is 7.55. The van der Waals surface area contributed by atoms with Crippen molar-refractivity contribution in [3.63, 3.8) is 0 Å². The van der Waals surface area contributed by atoms with Crippen LogP contribution in [0.4, 0.5) is 0 Å². The van der Waals surface area contributed by atoms with Crippen LogP contribution in [-0.2, 0) is 11.2 Å². The number of nitrogens with zero attached hydrogens (tertiary/aromatic N) is 1. The number of hydroxylamine groups is 2. The minimum atomic E-state index is -1.12. The molecule has 2 aromatic carbocycles. The number of para-hydroxylation sites is 2. The Kier molecular flexibility index (Phi) is 5.41. The SMILES string of the molecule is C[C@@H](O)N(OB(O)CCc1cccc2c1[nH]c1ccccc12)[C@@H](C)O. The molecule has 0 aliphatic heterocycles. The van der Waals surface area contributed by atoms with Crippen LogP contribution in [0.3, 0.4) is 0 Å². The van der Waals surface area contributed by atoms with Crippen LogP contribution < -0.4 is 0 Å². The molecule has 0 fully saturated rings. The monoisotopic (exact) mass is 342 g/mol. The fourth-order valence-corrected chi connectivity index (χ4v) is 3.10. The summed E-state index contributed by atoms with van der Waals surface area (Å²) in [4.78, 5) is 3.43. The molecule has 4 N–H and O–H groups in total. The molecule has 0 unspecified atom stereocenters. The average molecular weight is 342 g/mol. The Balaban J connectivity index is 1.75. The number of aliphatic hydroxyl groups excluding tert-OH is 2. The lowest BCUT2D eigenvalue weighted by atomic mass is 9.82. The topological polar surface area (TPSA) is 89.0 Å². The van der Waals surface area contributed by atoms with E-state index in [0.717, 1.165) is 27.0 Å². The summed E-state index contributed by atoms with van der Waals surface area (Å²) in [5.41, 5.74) is 3.21. The Morgan fingerprint density at radius 2 is 1.72 bits per heavy atom. The highest BCUT2D eigenvalue weighted by Gasteiger charge is 2.24. The molecule has 25 heavy (non-hydrogen) atoms. The van der Waals surface area contributed by atoms with Crippen molar-refractivity contribution in [1.82, 2.24) is 10.0 Å². The van der Waals surface area contributed by atoms with Gasteiger partial charge in [-0.25, -0.2) is 0 Å². The van der Waals surface area contributed by atoms with Crippen molar-refractivity contribution in [2.24, 2.45) is 0 Å². The minimum Gasteiger partial charge on any atom is -0.426 e. The summed E-state index contributed by atoms with van der Waals surface area (Å²) in [7, 11) is -1.12. The molecule has 0 amide bonds. The van der Waals surface area contributed by atoms with E-state index in [1.165, 1.54) is 19.2 Å². The zero-order valence-corrected chi connectivity index (χ0v) is 14.4. The summed E-state index contributed by atoms with van der Waals surface area (Å²) in [5.74, 6) is 0. The molecule has 0 saturated carbocycles. The lowest BCUT2D eigenvalue weighted by molar-refractivity contribution is -0.246. The number of aromatic amines is 1. The van der Waals surface area contributed by atoms with E-state index in [2.05, 4.69) is 17.1 Å². The quantitative estimate of drug-likeness (QED) is 0.300. The molecule has 1 aromatic heterocycles. The molecule has 0 radical (unpaired) electrons. The number of nitrogens with one attached hydrogen (secondary N) is 1. The highest BCUT2D eigenvalue weighted by atomic mass is 16.7. The summed E-state index contributed by atoms with van der Waals surface area (Å²) in [6.07, 6.45) is -1.11. The van der Waals surface area contributed by atoms with Crippen molar-refractivity contribution in [3.05, 3.63) is 48.0 Å². The lowest BCUT2D eigenvalue weighted by Crippen LogP contribution is -2.44. The fraction of sp³-hybridized carbons (Fsp3) is 0.333. The average Bonchev–Trinajstić information content (AvgIpc) is 2.96. The van der Waals surface area contributed by atoms with E-state index in [1.54, 1.807) is 0 Å². The Labute approximate surface area is 146 Å². The first-order valence-electron chi connectivity index (χ1n) is 8.45. The number of aromatic nitrogens is 1. The lowest BCUT2D eigenvalue weighted by Gasteiger charge is -2.28. The number of hydrogen-bond acceptors (Lipinski definition) is 5. The maximum absolute atomic E-state index is 10.1. The van der Waals surface area contributed by atoms with Gasteiger partial charge in [0.2, 0.25) is 0 Å². The number of benzene rings is 2. The van der Waals surface area contributed by atoms with E-state index in [4.69, 9.17) is 4.76 Å². The highest BCUT2D eigenvalue weighted by Crippen LogP contribution is 2.28. The second-order valence-electron chi connectivity index (χ2n) is 6.23. The van der Waals surface area contributed by atoms with Gasteiger partial charge in [0.05, 0.1) is 0 Å². The van der Waals surface area contributed by atoms with Gasteiger partial charge in [0.1, 0.15) is 12.5 Å². The molecule has 3 rings (SSSR count). The van der Waals surface area contributed by atoms with Crippen molar-refractivity contribution in [1.29, 1.82) is 0 Å². The molecule has 0 spiro atoms. The van der Waals surface area contributed by atoms with Gasteiger partial charge in [0.15, 0.2) is 0 Å². The third-order valence-corrected chi connectivity index (χ3v) is 4.27. The molecule has 0 saturated heterocycles. The van der Waals surface area contributed by atoms with Gasteiger partial charge in [-0.2, -0.15) is 0 Å². The first kappa shape index (κ1) is 17.9. The van der Waals surface area contributed by atoms with Crippen LogP contribution in [0.25, 0.3) is 21.8 Å². The number of aliphatic hydroxyl groups is 2. The van der Waals surface area contributed by atoms with Crippen molar-refractivity contribution in [2.45, 2.75) is 39.0 Å². The molecule has 0 bridgehead atoms. The van der Waals surface area contributed by atoms with Gasteiger partial charge in [-0.1, -0.05) is 36.4 Å². The molecule has 3 aromatic rings. The molecule has 2 atom stereocenters. The third kappa shape index (κ3) is 3.86. The van der Waals surface area contributed by atoms with Crippen molar-refractivity contribution in [2.75, 3.05) is 0 Å². The van der Waals surface area contributed by atoms with E-state index in [1.807, 2.05) is 30.3 Å². The summed E-state index contributed by atoms with van der Waals surface area (Å²) < 4.78 is 5.24. The van der Waals surface area contributed by atoms with Crippen LogP contribution in [0.15, 0.2) is 42.5 Å². The van der Waals surface area contributed by atoms with Gasteiger partial charge in [-0.15, -0.1) is 5.06 Å². The molecule has 132 valence electrons. The standard InChI is InChI=1S/C18H23BN2O4/c1-12(22)21(13(2)23)25-19(24)11-10-14-6-5-8-16-15-7-3-4-9-17(15)20-18(14)16/h3-9,12-13,20,22-24H,10-11H2,1-2H3/t12-,13-/m1/s1. The number of hydrogen-bond donors (Lipinski definition) is 4. The maximum Gasteiger partial charge on any atom is 0.472 e. The van der Waals surface area contributed by atoms with Crippen LogP contribution in [0.2, 0.25) is 6.32 Å². The number of rotatable bonds is 7. The zero-order chi connectivity index (χ0) is 18.0. The second-order valence-corrected chi connectivity index (χ2v) is 6.23. The number of aryl methyl sites for hydroxylation is 1. The molecule has 0 aliphatic carbocycles. The van der Waals surface area contributed by atoms with Crippen LogP contribution >= 0.6 is 0 Å². The molecule has 7 heteroatoms. The number of H-pyrrole nitrogens is 1. The summed E-state index contributed by atoms with van der Waals surface area (Å²) in [6, 6.07) is 14.2. The molecule has 0 aliphatic rings. The minimum absolute atomic E-state index is 0.338. The van der Waals surface area contributed by atoms with Crippen LogP contribution in [0.5, 0.6) is 0 Å². The zero-order valence-electron chi connectivity index (χ0n) is 14.4. The van der Waals surface area contributed by atoms with Gasteiger partial charge in [0, 0.05) is 21.8 Å². The summed E-state index contributed by atoms with van der Waals surface area (Å²) >= 11 is 0. The van der Waals surface area contributed by atoms with Crippen molar-refractivity contribution in [3.8, 4) is 0 Å². The van der Waals surface area contributed by atoms with Gasteiger partial charge in [0.25, 0.3) is 0 Å². The smallest absolute Gasteiger partial charge is 0.426 e. The van der Waals surface area contributed by atoms with Gasteiger partial charge < -0.3 is 25.0 Å². The van der Waals surface area contributed by atoms with E-state index in [0.29, 0.717) is 12.7 Å². The molecular formula is C18H23BN2O4. The predicted octanol–water partition coefficient (Wildman–Crippen LogP) is 2.25. The van der Waals surface area contributed by atoms with Crippen molar-refractivity contribution >= 4 is 28.9 Å². The molecule has 1 heterocycles. The van der Waals surface area contributed by atoms with E-state index in [-0.39, 0.29) is 0 Å². The van der Waals surface area contributed by atoms with Crippen LogP contribution in [0, 0.1) is 0 Å². The summed E-state index contributed by atoms with van der Waals surface area (Å²) in [6.45, 7) is 2.93. The van der Waals surface area contributed by atoms with Crippen LogP contribution in [-0.4, -0.2) is 44.9 Å². The largest absolute Gasteiger partial charge is 0.472 e. The Bertz CT molecular complexity index is 841. The summed E-state index contributed by atoms with van der Waals surface area (Å²) in [5, 5.41) is 32.5. The Hall–Kier alpha value is -1.90. The van der Waals surface area contributed by atoms with Crippen LogP contribution in [0.1, 0.15) is 19.4 Å². The maximum atomic E-state index is 10.1. The van der Waals surface area contributed by atoms with Crippen molar-refractivity contribution < 1.29 is 20.0 Å². The fourth-order valence-electron chi connectivity index (χ4n) is 3.10. The van der Waals surface area contributed by atoms with E-state index in [9.17, 15) is 15.2 Å². The first-order valence-corrected chi connectivity index (χ1v) is 8.45. The first-order chi connectivity index (χ1) is 12.0. The van der Waals surface area contributed by atoms with Gasteiger partial charge in [-0.05, 0) is 38.2 Å². The Morgan fingerprint density at radius 1 is 1.04 bits per heavy atom. The van der Waals surface area contributed by atoms with E-state index >= 15 is 0 Å². The third-order valence-electron chi connectivity index (χ3n) is 4.27. The molecule has 6 nitrogen and oxygen atoms in total. The molecular weight excluding hydrogens is 319 g/mol. The van der Waals surface area contributed by atoms with Gasteiger partial charge in [-0.3, -0.25) is 0 Å².